The number of hydrogen-bond donors (Lipinski definition) is 3. The summed E-state index contributed by atoms with van der Waals surface area (Å²) in [7, 11) is 1.73. The van der Waals surface area contributed by atoms with Crippen LogP contribution >= 0.6 is 0 Å². The average Bonchev–Trinajstić information content (AvgIpc) is 2.74. The predicted molar refractivity (Wildman–Crippen MR) is 113 cm³/mol. The minimum absolute atomic E-state index is 0.0745. The molecule has 3 N–H and O–H groups in total. The molecule has 0 aliphatic rings. The third kappa shape index (κ3) is 8.22. The zero-order valence-electron chi connectivity index (χ0n) is 16.7. The van der Waals surface area contributed by atoms with Gasteiger partial charge in [-0.05, 0) is 23.6 Å². The van der Waals surface area contributed by atoms with E-state index in [0.717, 1.165) is 6.54 Å². The molecule has 0 fully saturated rings. The van der Waals surface area contributed by atoms with Crippen LogP contribution in [0.4, 0.5) is 0 Å². The Morgan fingerprint density at radius 3 is 2.29 bits per heavy atom. The van der Waals surface area contributed by atoms with Crippen molar-refractivity contribution in [3.05, 3.63) is 71.8 Å². The van der Waals surface area contributed by atoms with Crippen LogP contribution < -0.4 is 16.0 Å². The van der Waals surface area contributed by atoms with Crippen molar-refractivity contribution in [1.29, 1.82) is 0 Å². The van der Waals surface area contributed by atoms with Crippen molar-refractivity contribution in [2.75, 3.05) is 33.3 Å². The van der Waals surface area contributed by atoms with Crippen molar-refractivity contribution >= 4 is 11.9 Å². The van der Waals surface area contributed by atoms with Crippen molar-refractivity contribution in [3.63, 3.8) is 0 Å². The molecule has 28 heavy (non-hydrogen) atoms. The molecule has 0 radical (unpaired) electrons. The topological polar surface area (TPSA) is 74.8 Å². The van der Waals surface area contributed by atoms with Gasteiger partial charge in [-0.15, -0.1) is 0 Å². The second-order valence-electron chi connectivity index (χ2n) is 6.61. The largest absolute Gasteiger partial charge is 0.376 e. The normalized spacial score (nSPS) is 12.3. The van der Waals surface area contributed by atoms with E-state index < -0.39 is 0 Å². The molecule has 150 valence electrons. The standard InChI is InChI=1S/C22H30N4O2/c1-18(16-28-17-19-9-5-3-6-10-19)15-26-22(23-2)25-14-13-24-21(27)20-11-7-4-8-12-20/h3-12,18H,13-17H2,1-2H3,(H,24,27)(H2,23,25,26). The van der Waals surface area contributed by atoms with Gasteiger partial charge in [0.2, 0.25) is 0 Å². The van der Waals surface area contributed by atoms with Gasteiger partial charge in [0, 0.05) is 32.2 Å². The maximum absolute atomic E-state index is 12.0. The van der Waals surface area contributed by atoms with Gasteiger partial charge in [-0.3, -0.25) is 9.79 Å². The van der Waals surface area contributed by atoms with Crippen LogP contribution in [0.1, 0.15) is 22.8 Å². The summed E-state index contributed by atoms with van der Waals surface area (Å²) in [6.07, 6.45) is 0. The zero-order chi connectivity index (χ0) is 20.0. The molecule has 0 saturated carbocycles. The van der Waals surface area contributed by atoms with Gasteiger partial charge >= 0.3 is 0 Å². The number of carbonyl (C=O) groups is 1. The minimum Gasteiger partial charge on any atom is -0.376 e. The smallest absolute Gasteiger partial charge is 0.251 e. The Morgan fingerprint density at radius 1 is 0.964 bits per heavy atom. The van der Waals surface area contributed by atoms with Crippen molar-refractivity contribution < 1.29 is 9.53 Å². The minimum atomic E-state index is -0.0745. The number of rotatable bonds is 10. The first-order valence-corrected chi connectivity index (χ1v) is 9.58. The van der Waals surface area contributed by atoms with Gasteiger partial charge in [-0.2, -0.15) is 0 Å². The molecule has 2 aromatic rings. The third-order valence-electron chi connectivity index (χ3n) is 4.09. The van der Waals surface area contributed by atoms with E-state index in [-0.39, 0.29) is 5.91 Å². The summed E-state index contributed by atoms with van der Waals surface area (Å²) in [5.41, 5.74) is 1.84. The highest BCUT2D eigenvalue weighted by atomic mass is 16.5. The molecule has 1 unspecified atom stereocenters. The van der Waals surface area contributed by atoms with Crippen LogP contribution in [0.15, 0.2) is 65.7 Å². The lowest BCUT2D eigenvalue weighted by molar-refractivity contribution is 0.0930. The van der Waals surface area contributed by atoms with Crippen molar-refractivity contribution in [2.24, 2.45) is 10.9 Å². The predicted octanol–water partition coefficient (Wildman–Crippen LogP) is 2.43. The number of amides is 1. The first-order chi connectivity index (χ1) is 13.7. The fourth-order valence-corrected chi connectivity index (χ4v) is 2.55. The van der Waals surface area contributed by atoms with Gasteiger partial charge in [-0.25, -0.2) is 0 Å². The first kappa shape index (κ1) is 21.4. The quantitative estimate of drug-likeness (QED) is 0.335. The highest BCUT2D eigenvalue weighted by Gasteiger charge is 2.06. The molecule has 6 nitrogen and oxygen atoms in total. The molecule has 0 saturated heterocycles. The summed E-state index contributed by atoms with van der Waals surface area (Å²) < 4.78 is 5.77. The average molecular weight is 383 g/mol. The van der Waals surface area contributed by atoms with E-state index in [1.165, 1.54) is 5.56 Å². The highest BCUT2D eigenvalue weighted by molar-refractivity contribution is 5.94. The van der Waals surface area contributed by atoms with Crippen LogP contribution in [0, 0.1) is 5.92 Å². The summed E-state index contributed by atoms with van der Waals surface area (Å²) in [5.74, 6) is 0.985. The van der Waals surface area contributed by atoms with Gasteiger partial charge in [0.05, 0.1) is 13.2 Å². The molecule has 0 aliphatic heterocycles. The van der Waals surface area contributed by atoms with Crippen molar-refractivity contribution in [2.45, 2.75) is 13.5 Å². The summed E-state index contributed by atoms with van der Waals surface area (Å²) in [5, 5.41) is 9.36. The Hall–Kier alpha value is -2.86. The molecule has 6 heteroatoms. The zero-order valence-corrected chi connectivity index (χ0v) is 16.7. The van der Waals surface area contributed by atoms with Crippen LogP contribution in [0.25, 0.3) is 0 Å². The Morgan fingerprint density at radius 2 is 1.61 bits per heavy atom. The fourth-order valence-electron chi connectivity index (χ4n) is 2.55. The van der Waals surface area contributed by atoms with E-state index in [4.69, 9.17) is 4.74 Å². The van der Waals surface area contributed by atoms with Gasteiger partial charge in [0.25, 0.3) is 5.91 Å². The lowest BCUT2D eigenvalue weighted by Crippen LogP contribution is -2.43. The number of aliphatic imine (C=N–C) groups is 1. The van der Waals surface area contributed by atoms with Crippen LogP contribution in [-0.4, -0.2) is 45.2 Å². The van der Waals surface area contributed by atoms with Crippen molar-refractivity contribution in [1.82, 2.24) is 16.0 Å². The lowest BCUT2D eigenvalue weighted by atomic mass is 10.2. The molecule has 0 heterocycles. The van der Waals surface area contributed by atoms with Gasteiger partial charge in [0.15, 0.2) is 5.96 Å². The summed E-state index contributed by atoms with van der Waals surface area (Å²) >= 11 is 0. The number of nitrogens with one attached hydrogen (secondary N) is 3. The molecule has 1 atom stereocenters. The summed E-state index contributed by atoms with van der Waals surface area (Å²) in [6.45, 7) is 5.29. The van der Waals surface area contributed by atoms with Gasteiger partial charge in [0.1, 0.15) is 0 Å². The summed E-state index contributed by atoms with van der Waals surface area (Å²) in [4.78, 5) is 16.2. The van der Waals surface area contributed by atoms with Crippen LogP contribution in [0.3, 0.4) is 0 Å². The summed E-state index contributed by atoms with van der Waals surface area (Å²) in [6, 6.07) is 19.3. The third-order valence-corrected chi connectivity index (χ3v) is 4.09. The first-order valence-electron chi connectivity index (χ1n) is 9.58. The number of guanidine groups is 1. The Kier molecular flexibility index (Phi) is 9.58. The maximum atomic E-state index is 12.0. The molecular weight excluding hydrogens is 352 g/mol. The Balaban J connectivity index is 1.57. The molecule has 2 aromatic carbocycles. The van der Waals surface area contributed by atoms with E-state index in [2.05, 4.69) is 40.0 Å². The molecule has 0 bridgehead atoms. The second-order valence-corrected chi connectivity index (χ2v) is 6.61. The van der Waals surface area contributed by atoms with Crippen LogP contribution in [0.5, 0.6) is 0 Å². The monoisotopic (exact) mass is 382 g/mol. The van der Waals surface area contributed by atoms with E-state index in [1.807, 2.05) is 36.4 Å². The Bertz CT molecular complexity index is 720. The van der Waals surface area contributed by atoms with Crippen molar-refractivity contribution in [3.8, 4) is 0 Å². The molecule has 1 amide bonds. The van der Waals surface area contributed by atoms with Gasteiger partial charge in [-0.1, -0.05) is 55.5 Å². The van der Waals surface area contributed by atoms with E-state index in [1.54, 1.807) is 19.2 Å². The van der Waals surface area contributed by atoms with Gasteiger partial charge < -0.3 is 20.7 Å². The molecule has 0 aliphatic carbocycles. The number of hydrogen-bond acceptors (Lipinski definition) is 3. The van der Waals surface area contributed by atoms with E-state index in [9.17, 15) is 4.79 Å². The number of ether oxygens (including phenoxy) is 1. The van der Waals surface area contributed by atoms with Crippen LogP contribution in [0.2, 0.25) is 0 Å². The Labute approximate surface area is 167 Å². The van der Waals surface area contributed by atoms with E-state index in [0.29, 0.717) is 43.7 Å². The fraction of sp³-hybridized carbons (Fsp3) is 0.364. The molecule has 0 aromatic heterocycles. The number of carbonyl (C=O) groups excluding carboxylic acids is 1. The molecular formula is C22H30N4O2. The van der Waals surface area contributed by atoms with E-state index >= 15 is 0 Å². The second kappa shape index (κ2) is 12.5. The highest BCUT2D eigenvalue weighted by Crippen LogP contribution is 2.02. The van der Waals surface area contributed by atoms with Crippen LogP contribution in [-0.2, 0) is 11.3 Å². The molecule has 2 rings (SSSR count). The SMILES string of the molecule is CN=C(NCCNC(=O)c1ccccc1)NCC(C)COCc1ccccc1. The lowest BCUT2D eigenvalue weighted by Gasteiger charge is -2.16. The number of nitrogens with zero attached hydrogens (tertiary/aromatic N) is 1. The molecule has 0 spiro atoms. The maximum Gasteiger partial charge on any atom is 0.251 e. The number of benzene rings is 2.